The Kier molecular flexibility index (Phi) is 9.88. The molecule has 0 saturated carbocycles. The van der Waals surface area contributed by atoms with Gasteiger partial charge in [-0.2, -0.15) is 8.62 Å². The molecule has 1 aliphatic rings. The van der Waals surface area contributed by atoms with E-state index in [1.807, 2.05) is 4.98 Å². The van der Waals surface area contributed by atoms with Gasteiger partial charge in [-0.1, -0.05) is 0 Å². The fourth-order valence-electron chi connectivity index (χ4n) is 2.82. The van der Waals surface area contributed by atoms with Crippen molar-refractivity contribution in [1.82, 2.24) is 14.9 Å². The number of amides is 1. The lowest BCUT2D eigenvalue weighted by molar-refractivity contribution is -0.120. The first-order valence-electron chi connectivity index (χ1n) is 9.45. The summed E-state index contributed by atoms with van der Waals surface area (Å²) < 4.78 is 51.6. The second-order valence-corrected chi connectivity index (χ2v) is 11.4. The van der Waals surface area contributed by atoms with E-state index in [4.69, 9.17) is 25.2 Å². The zero-order valence-electron chi connectivity index (χ0n) is 17.5. The number of aliphatic hydroxyl groups is 1. The number of aliphatic hydroxyl groups excluding tert-OH is 1. The Morgan fingerprint density at radius 1 is 1.20 bits per heavy atom. The molecule has 0 spiro atoms. The van der Waals surface area contributed by atoms with Gasteiger partial charge in [0.05, 0.1) is 19.1 Å². The average molecular weight is 568 g/mol. The van der Waals surface area contributed by atoms with Crippen LogP contribution in [0.25, 0.3) is 0 Å². The summed E-state index contributed by atoms with van der Waals surface area (Å²) >= 11 is 0. The summed E-state index contributed by atoms with van der Waals surface area (Å²) in [6, 6.07) is 0. The number of phosphoric ester groups is 1. The van der Waals surface area contributed by atoms with E-state index in [-0.39, 0.29) is 25.1 Å². The number of nitrogens with two attached hydrogens (primary N) is 1. The minimum Gasteiger partial charge on any atom is -0.390 e. The van der Waals surface area contributed by atoms with E-state index < -0.39 is 72.1 Å². The minimum absolute atomic E-state index is 0.117. The number of rotatable bonds is 12. The molecule has 200 valence electrons. The lowest BCUT2D eigenvalue weighted by atomic mass is 10.2. The maximum absolute atomic E-state index is 12.2. The molecule has 0 radical (unpaired) electrons. The van der Waals surface area contributed by atoms with Crippen LogP contribution in [-0.4, -0.2) is 72.0 Å². The first kappa shape index (κ1) is 29.7. The van der Waals surface area contributed by atoms with Crippen LogP contribution in [0.5, 0.6) is 0 Å². The van der Waals surface area contributed by atoms with Gasteiger partial charge < -0.3 is 40.5 Å². The van der Waals surface area contributed by atoms with Gasteiger partial charge in [0.2, 0.25) is 5.91 Å². The van der Waals surface area contributed by atoms with E-state index in [9.17, 15) is 38.1 Å². The number of nitrogens with zero attached hydrogens (tertiary/aromatic N) is 1. The van der Waals surface area contributed by atoms with Crippen LogP contribution in [0.4, 0.5) is 0 Å². The summed E-state index contributed by atoms with van der Waals surface area (Å²) in [5.41, 5.74) is 3.37. The van der Waals surface area contributed by atoms with Gasteiger partial charge in [0.25, 0.3) is 5.56 Å². The van der Waals surface area contributed by atoms with E-state index in [1.54, 1.807) is 0 Å². The van der Waals surface area contributed by atoms with Gasteiger partial charge >= 0.3 is 29.2 Å². The Labute approximate surface area is 195 Å². The maximum Gasteiger partial charge on any atom is 0.490 e. The van der Waals surface area contributed by atoms with Gasteiger partial charge in [-0.25, -0.2) is 18.5 Å². The molecule has 1 aromatic rings. The third-order valence-corrected chi connectivity index (χ3v) is 7.99. The van der Waals surface area contributed by atoms with Crippen molar-refractivity contribution in [2.24, 2.45) is 5.73 Å². The van der Waals surface area contributed by atoms with Crippen LogP contribution in [-0.2, 0) is 42.8 Å². The van der Waals surface area contributed by atoms with Crippen molar-refractivity contribution in [2.45, 2.75) is 31.3 Å². The number of ether oxygens (including phenoxy) is 1. The topological polar surface area (TPSA) is 299 Å². The highest BCUT2D eigenvalue weighted by Gasteiger charge is 2.43. The highest BCUT2D eigenvalue weighted by Crippen LogP contribution is 2.66. The maximum atomic E-state index is 12.2. The number of aromatic nitrogens is 2. The molecular formula is C13H23N4O15P3. The van der Waals surface area contributed by atoms with Crippen molar-refractivity contribution in [3.8, 4) is 0 Å². The number of nitrogens with one attached hydrogen (secondary N) is 2. The lowest BCUT2D eigenvalue weighted by Crippen LogP contribution is -2.37. The van der Waals surface area contributed by atoms with Crippen molar-refractivity contribution in [2.75, 3.05) is 19.7 Å². The van der Waals surface area contributed by atoms with Crippen molar-refractivity contribution in [3.63, 3.8) is 0 Å². The summed E-state index contributed by atoms with van der Waals surface area (Å²) in [5, 5.41) is 12.6. The highest BCUT2D eigenvalue weighted by atomic mass is 31.3. The number of carbonyl (C=O) groups is 1. The summed E-state index contributed by atoms with van der Waals surface area (Å²) in [6.07, 6.45) is -3.70. The van der Waals surface area contributed by atoms with Gasteiger partial charge in [-0.3, -0.25) is 23.7 Å². The van der Waals surface area contributed by atoms with Gasteiger partial charge in [0.1, 0.15) is 12.3 Å². The molecule has 0 aromatic carbocycles. The van der Waals surface area contributed by atoms with Crippen LogP contribution in [0.1, 0.15) is 18.2 Å². The van der Waals surface area contributed by atoms with Crippen LogP contribution in [0.15, 0.2) is 15.8 Å². The van der Waals surface area contributed by atoms with Crippen molar-refractivity contribution in [1.29, 1.82) is 0 Å². The number of carbonyl (C=O) groups excluding carboxylic acids is 1. The predicted molar refractivity (Wildman–Crippen MR) is 111 cm³/mol. The van der Waals surface area contributed by atoms with E-state index >= 15 is 0 Å². The molecule has 1 aliphatic heterocycles. The van der Waals surface area contributed by atoms with Gasteiger partial charge in [-0.05, 0) is 0 Å². The summed E-state index contributed by atoms with van der Waals surface area (Å²) in [6.45, 7) is -0.628. The fraction of sp³-hybridized carbons (Fsp3) is 0.615. The average Bonchev–Trinajstić information content (AvgIpc) is 3.04. The quantitative estimate of drug-likeness (QED) is 0.118. The van der Waals surface area contributed by atoms with Crippen LogP contribution < -0.4 is 22.3 Å². The molecule has 1 amide bonds. The molecule has 1 saturated heterocycles. The molecule has 0 aliphatic carbocycles. The Morgan fingerprint density at radius 2 is 1.86 bits per heavy atom. The lowest BCUT2D eigenvalue weighted by Gasteiger charge is -2.19. The monoisotopic (exact) mass is 568 g/mol. The third-order valence-electron chi connectivity index (χ3n) is 4.19. The Hall–Kier alpha value is -1.56. The standard InChI is InChI=1S/C13H23N4O15P3/c14-1-2-15-10(19)3-7-5-17(13(21)16-12(7)20)11-4-8(18)9(30-11)6-29-34(25,26)32-35(27,28)31-33(22,23)24/h5,8-9,11,18H,1-4,6,14H2,(H,15,19)(H,25,26)(H,27,28)(H,16,20,21)(H2,22,23,24)/t8-,9+,11+/m0/s1. The van der Waals surface area contributed by atoms with Crippen molar-refractivity contribution < 1.29 is 61.1 Å². The zero-order valence-corrected chi connectivity index (χ0v) is 20.2. The van der Waals surface area contributed by atoms with E-state index in [2.05, 4.69) is 18.5 Å². The van der Waals surface area contributed by atoms with Gasteiger partial charge in [-0.15, -0.1) is 0 Å². The highest BCUT2D eigenvalue weighted by molar-refractivity contribution is 7.66. The number of aromatic amines is 1. The SMILES string of the molecule is NCCNC(=O)Cc1cn([C@H]2C[C@H](O)[C@@H](COP(=O)(O)OP(=O)(O)OP(=O)(O)O)O2)c(=O)[nH]c1=O. The summed E-state index contributed by atoms with van der Waals surface area (Å²) in [4.78, 5) is 73.7. The van der Waals surface area contributed by atoms with Gasteiger partial charge in [0, 0.05) is 31.3 Å². The van der Waals surface area contributed by atoms with Crippen molar-refractivity contribution >= 4 is 29.4 Å². The normalized spacial score (nSPS) is 24.0. The van der Waals surface area contributed by atoms with Crippen molar-refractivity contribution in [3.05, 3.63) is 32.6 Å². The molecule has 2 unspecified atom stereocenters. The molecule has 22 heteroatoms. The zero-order chi connectivity index (χ0) is 26.6. The smallest absolute Gasteiger partial charge is 0.390 e. The summed E-state index contributed by atoms with van der Waals surface area (Å²) in [7, 11) is -16.8. The number of hydrogen-bond donors (Lipinski definition) is 8. The Bertz CT molecular complexity index is 1180. The van der Waals surface area contributed by atoms with Crippen LogP contribution in [0, 0.1) is 0 Å². The predicted octanol–water partition coefficient (Wildman–Crippen LogP) is -2.85. The van der Waals surface area contributed by atoms with E-state index in [0.29, 0.717) is 0 Å². The number of H-pyrrole nitrogens is 1. The molecule has 2 rings (SSSR count). The third kappa shape index (κ3) is 9.44. The molecule has 0 bridgehead atoms. The molecular weight excluding hydrogens is 545 g/mol. The molecule has 5 atom stereocenters. The second-order valence-electron chi connectivity index (χ2n) is 6.96. The molecule has 1 aromatic heterocycles. The molecule has 1 fully saturated rings. The van der Waals surface area contributed by atoms with Crippen LogP contribution >= 0.6 is 23.5 Å². The Morgan fingerprint density at radius 3 is 2.46 bits per heavy atom. The van der Waals surface area contributed by atoms with Crippen LogP contribution in [0.3, 0.4) is 0 Å². The molecule has 9 N–H and O–H groups in total. The molecule has 35 heavy (non-hydrogen) atoms. The fourth-order valence-corrected chi connectivity index (χ4v) is 5.85. The first-order chi connectivity index (χ1) is 16.0. The largest absolute Gasteiger partial charge is 0.490 e. The molecule has 19 nitrogen and oxygen atoms in total. The second kappa shape index (κ2) is 11.7. The van der Waals surface area contributed by atoms with Gasteiger partial charge in [0.15, 0.2) is 0 Å². The Balaban J connectivity index is 2.07. The van der Waals surface area contributed by atoms with E-state index in [1.165, 1.54) is 0 Å². The number of hydrogen-bond acceptors (Lipinski definition) is 12. The molecule has 2 heterocycles. The number of phosphoric acid groups is 3. The minimum atomic E-state index is -5.73. The van der Waals surface area contributed by atoms with E-state index in [0.717, 1.165) is 10.8 Å². The summed E-state index contributed by atoms with van der Waals surface area (Å²) in [5.74, 6) is -0.549. The van der Waals surface area contributed by atoms with Crippen LogP contribution in [0.2, 0.25) is 0 Å². The first-order valence-corrected chi connectivity index (χ1v) is 14.0.